The predicted molar refractivity (Wildman–Crippen MR) is 45.9 cm³/mol. The zero-order chi connectivity index (χ0) is 8.10. The van der Waals surface area contributed by atoms with Crippen molar-refractivity contribution < 1.29 is 9.53 Å². The molecule has 0 aromatic heterocycles. The van der Waals surface area contributed by atoms with Gasteiger partial charge in [-0.3, -0.25) is 4.79 Å². The van der Waals surface area contributed by atoms with E-state index in [1.807, 2.05) is 6.07 Å². The van der Waals surface area contributed by atoms with Crippen LogP contribution in [0, 0.1) is 0 Å². The van der Waals surface area contributed by atoms with Crippen LogP contribution in [0.5, 0.6) is 5.75 Å². The molecule has 0 saturated heterocycles. The summed E-state index contributed by atoms with van der Waals surface area (Å²) >= 11 is 3.77. The number of carbonyl (C=O) groups is 1. The lowest BCUT2D eigenvalue weighted by atomic mass is 10.3. The zero-order valence-electron chi connectivity index (χ0n) is 5.86. The number of rotatable bonds is 2. The second-order valence-corrected chi connectivity index (χ2v) is 2.26. The molecule has 0 radical (unpaired) electrons. The molecule has 2 nitrogen and oxygen atoms in total. The summed E-state index contributed by atoms with van der Waals surface area (Å²) in [4.78, 5) is 10.7. The summed E-state index contributed by atoms with van der Waals surface area (Å²) in [5, 5.41) is 0. The van der Waals surface area contributed by atoms with Crippen LogP contribution in [0.25, 0.3) is 0 Å². The average Bonchev–Trinajstić information content (AvgIpc) is 2.06. The molecule has 58 valence electrons. The van der Waals surface area contributed by atoms with Gasteiger partial charge in [-0.05, 0) is 12.1 Å². The van der Waals surface area contributed by atoms with Crippen molar-refractivity contribution in [1.82, 2.24) is 0 Å². The number of hydrogen-bond acceptors (Lipinski definition) is 3. The van der Waals surface area contributed by atoms with E-state index in [0.29, 0.717) is 5.75 Å². The fourth-order valence-electron chi connectivity index (χ4n) is 0.652. The minimum Gasteiger partial charge on any atom is -0.426 e. The van der Waals surface area contributed by atoms with Crippen LogP contribution in [0.3, 0.4) is 0 Å². The fourth-order valence-corrected chi connectivity index (χ4v) is 0.717. The molecule has 0 N–H and O–H groups in total. The Morgan fingerprint density at radius 3 is 2.55 bits per heavy atom. The van der Waals surface area contributed by atoms with Gasteiger partial charge < -0.3 is 4.74 Å². The van der Waals surface area contributed by atoms with Gasteiger partial charge in [0, 0.05) is 0 Å². The van der Waals surface area contributed by atoms with Crippen LogP contribution in [0.4, 0.5) is 0 Å². The SMILES string of the molecule is O=C(CS)Oc1ccccc1. The van der Waals surface area contributed by atoms with Crippen molar-refractivity contribution in [3.8, 4) is 5.75 Å². The van der Waals surface area contributed by atoms with E-state index in [2.05, 4.69) is 12.6 Å². The zero-order valence-corrected chi connectivity index (χ0v) is 6.75. The molecule has 1 rings (SSSR count). The smallest absolute Gasteiger partial charge is 0.321 e. The molecular formula is C8H8O2S. The van der Waals surface area contributed by atoms with Crippen LogP contribution in [0.15, 0.2) is 30.3 Å². The van der Waals surface area contributed by atoms with Crippen molar-refractivity contribution in [3.63, 3.8) is 0 Å². The largest absolute Gasteiger partial charge is 0.426 e. The maximum Gasteiger partial charge on any atom is 0.321 e. The lowest BCUT2D eigenvalue weighted by molar-refractivity contribution is -0.131. The highest BCUT2D eigenvalue weighted by Gasteiger charge is 1.98. The topological polar surface area (TPSA) is 26.3 Å². The first-order chi connectivity index (χ1) is 5.33. The molecule has 0 atom stereocenters. The number of para-hydroxylation sites is 1. The van der Waals surface area contributed by atoms with Crippen LogP contribution < -0.4 is 4.74 Å². The molecule has 11 heavy (non-hydrogen) atoms. The van der Waals surface area contributed by atoms with Crippen LogP contribution in [-0.2, 0) is 4.79 Å². The van der Waals surface area contributed by atoms with E-state index in [4.69, 9.17) is 4.74 Å². The van der Waals surface area contributed by atoms with Gasteiger partial charge >= 0.3 is 5.97 Å². The first kappa shape index (κ1) is 8.14. The van der Waals surface area contributed by atoms with Gasteiger partial charge in [0.25, 0.3) is 0 Å². The molecule has 0 aliphatic rings. The Morgan fingerprint density at radius 2 is 2.00 bits per heavy atom. The van der Waals surface area contributed by atoms with Crippen LogP contribution >= 0.6 is 12.6 Å². The van der Waals surface area contributed by atoms with Crippen molar-refractivity contribution in [3.05, 3.63) is 30.3 Å². The number of thiol groups is 1. The molecule has 0 bridgehead atoms. The summed E-state index contributed by atoms with van der Waals surface area (Å²) in [6.07, 6.45) is 0. The maximum atomic E-state index is 10.7. The Bertz CT molecular complexity index is 233. The number of hydrogen-bond donors (Lipinski definition) is 1. The molecule has 0 fully saturated rings. The molecule has 0 unspecified atom stereocenters. The second-order valence-electron chi connectivity index (χ2n) is 1.95. The molecule has 0 amide bonds. The van der Waals surface area contributed by atoms with Crippen molar-refractivity contribution in [2.45, 2.75) is 0 Å². The molecule has 0 aliphatic heterocycles. The number of esters is 1. The molecule has 3 heteroatoms. The van der Waals surface area contributed by atoms with Gasteiger partial charge in [-0.25, -0.2) is 0 Å². The predicted octanol–water partition coefficient (Wildman–Crippen LogP) is 1.52. The van der Waals surface area contributed by atoms with Crippen LogP contribution in [0.1, 0.15) is 0 Å². The highest BCUT2D eigenvalue weighted by Crippen LogP contribution is 2.08. The highest BCUT2D eigenvalue weighted by molar-refractivity contribution is 7.81. The van der Waals surface area contributed by atoms with Gasteiger partial charge in [0.15, 0.2) is 0 Å². The summed E-state index contributed by atoms with van der Waals surface area (Å²) in [5.74, 6) is 0.334. The summed E-state index contributed by atoms with van der Waals surface area (Å²) in [6, 6.07) is 8.92. The maximum absolute atomic E-state index is 10.7. The summed E-state index contributed by atoms with van der Waals surface area (Å²) in [7, 11) is 0. The number of benzene rings is 1. The van der Waals surface area contributed by atoms with E-state index in [1.54, 1.807) is 24.3 Å². The Labute approximate surface area is 70.6 Å². The van der Waals surface area contributed by atoms with E-state index in [9.17, 15) is 4.79 Å². The van der Waals surface area contributed by atoms with E-state index in [1.165, 1.54) is 0 Å². The van der Waals surface area contributed by atoms with E-state index in [0.717, 1.165) is 0 Å². The van der Waals surface area contributed by atoms with Gasteiger partial charge in [-0.15, -0.1) is 0 Å². The lowest BCUT2D eigenvalue weighted by Crippen LogP contribution is -2.08. The first-order valence-electron chi connectivity index (χ1n) is 3.19. The standard InChI is InChI=1S/C8H8O2S/c9-8(6-11)10-7-4-2-1-3-5-7/h1-5,11H,6H2. The van der Waals surface area contributed by atoms with Crippen molar-refractivity contribution in [2.75, 3.05) is 5.75 Å². The normalized spacial score (nSPS) is 9.18. The molecule has 0 heterocycles. The molecule has 1 aromatic rings. The minimum absolute atomic E-state index is 0.106. The molecule has 0 saturated carbocycles. The van der Waals surface area contributed by atoms with Gasteiger partial charge in [0.05, 0.1) is 5.75 Å². The van der Waals surface area contributed by atoms with Gasteiger partial charge in [-0.2, -0.15) is 12.6 Å². The highest BCUT2D eigenvalue weighted by atomic mass is 32.1. The second kappa shape index (κ2) is 4.03. The minimum atomic E-state index is -0.334. The average molecular weight is 168 g/mol. The van der Waals surface area contributed by atoms with E-state index < -0.39 is 0 Å². The first-order valence-corrected chi connectivity index (χ1v) is 3.83. The molecular weight excluding hydrogens is 160 g/mol. The third-order valence-electron chi connectivity index (χ3n) is 1.10. The molecule has 0 spiro atoms. The van der Waals surface area contributed by atoms with Crippen LogP contribution in [-0.4, -0.2) is 11.7 Å². The van der Waals surface area contributed by atoms with Crippen molar-refractivity contribution in [2.24, 2.45) is 0 Å². The summed E-state index contributed by atoms with van der Waals surface area (Å²) in [6.45, 7) is 0. The van der Waals surface area contributed by atoms with Crippen molar-refractivity contribution >= 4 is 18.6 Å². The number of ether oxygens (including phenoxy) is 1. The summed E-state index contributed by atoms with van der Waals surface area (Å²) in [5.41, 5.74) is 0. The van der Waals surface area contributed by atoms with Crippen LogP contribution in [0.2, 0.25) is 0 Å². The Kier molecular flexibility index (Phi) is 2.98. The molecule has 1 aromatic carbocycles. The van der Waals surface area contributed by atoms with Gasteiger partial charge in [0.1, 0.15) is 5.75 Å². The van der Waals surface area contributed by atoms with Crippen molar-refractivity contribution in [1.29, 1.82) is 0 Å². The third-order valence-corrected chi connectivity index (χ3v) is 1.36. The fraction of sp³-hybridized carbons (Fsp3) is 0.125. The van der Waals surface area contributed by atoms with Gasteiger partial charge in [0.2, 0.25) is 0 Å². The summed E-state index contributed by atoms with van der Waals surface area (Å²) < 4.78 is 4.85. The monoisotopic (exact) mass is 168 g/mol. The van der Waals surface area contributed by atoms with E-state index >= 15 is 0 Å². The third kappa shape index (κ3) is 2.63. The van der Waals surface area contributed by atoms with Gasteiger partial charge in [-0.1, -0.05) is 18.2 Å². The lowest BCUT2D eigenvalue weighted by Gasteiger charge is -1.99. The number of carbonyl (C=O) groups excluding carboxylic acids is 1. The van der Waals surface area contributed by atoms with E-state index in [-0.39, 0.29) is 11.7 Å². The quantitative estimate of drug-likeness (QED) is 0.411. The molecule has 0 aliphatic carbocycles. The Balaban J connectivity index is 2.58. The Morgan fingerprint density at radius 1 is 1.36 bits per heavy atom. The Hall–Kier alpha value is -0.960.